The molecule has 4 rings (SSSR count). The van der Waals surface area contributed by atoms with E-state index in [1.54, 1.807) is 12.4 Å². The maximum absolute atomic E-state index is 13.4. The summed E-state index contributed by atoms with van der Waals surface area (Å²) in [5.74, 6) is -1.18. The monoisotopic (exact) mass is 366 g/mol. The van der Waals surface area contributed by atoms with Gasteiger partial charge in [-0.2, -0.15) is 0 Å². The van der Waals surface area contributed by atoms with E-state index in [9.17, 15) is 9.18 Å². The van der Waals surface area contributed by atoms with Gasteiger partial charge in [-0.15, -0.1) is 0 Å². The van der Waals surface area contributed by atoms with Crippen LogP contribution in [0.15, 0.2) is 49.1 Å². The number of aryl methyl sites for hydroxylation is 1. The number of carbonyl (C=O) groups is 1. The highest BCUT2D eigenvalue weighted by molar-refractivity contribution is 5.88. The van der Waals surface area contributed by atoms with Gasteiger partial charge >= 0.3 is 5.97 Å². The number of benzene rings is 1. The summed E-state index contributed by atoms with van der Waals surface area (Å²) < 4.78 is 15.4. The first-order valence-corrected chi connectivity index (χ1v) is 8.85. The summed E-state index contributed by atoms with van der Waals surface area (Å²) in [6.45, 7) is 2.46. The Bertz CT molecular complexity index is 986. The lowest BCUT2D eigenvalue weighted by atomic mass is 10.0. The van der Waals surface area contributed by atoms with E-state index >= 15 is 0 Å². The van der Waals surface area contributed by atoms with Gasteiger partial charge < -0.3 is 14.6 Å². The molecule has 3 aromatic rings. The molecule has 0 saturated carbocycles. The van der Waals surface area contributed by atoms with Crippen LogP contribution in [0.1, 0.15) is 22.3 Å². The van der Waals surface area contributed by atoms with Crippen molar-refractivity contribution in [3.63, 3.8) is 0 Å². The molecule has 3 heterocycles. The fraction of sp³-hybridized carbons (Fsp3) is 0.250. The molecule has 0 aliphatic carbocycles. The minimum absolute atomic E-state index is 0.187. The highest BCUT2D eigenvalue weighted by Gasteiger charge is 2.17. The maximum atomic E-state index is 13.4. The van der Waals surface area contributed by atoms with E-state index in [0.29, 0.717) is 11.4 Å². The Kier molecular flexibility index (Phi) is 4.58. The molecule has 1 aromatic carbocycles. The zero-order chi connectivity index (χ0) is 18.8. The molecule has 0 unspecified atom stereocenters. The molecule has 2 aromatic heterocycles. The molecule has 6 nitrogen and oxygen atoms in total. The van der Waals surface area contributed by atoms with Crippen molar-refractivity contribution in [1.29, 1.82) is 0 Å². The topological polar surface area (TPSA) is 71.2 Å². The number of anilines is 1. The van der Waals surface area contributed by atoms with E-state index in [-0.39, 0.29) is 11.4 Å². The van der Waals surface area contributed by atoms with E-state index in [0.717, 1.165) is 43.7 Å². The fourth-order valence-electron chi connectivity index (χ4n) is 3.43. The van der Waals surface area contributed by atoms with Gasteiger partial charge in [-0.25, -0.2) is 14.2 Å². The average molecular weight is 366 g/mol. The van der Waals surface area contributed by atoms with Gasteiger partial charge in [-0.3, -0.25) is 4.98 Å². The van der Waals surface area contributed by atoms with Crippen LogP contribution in [0.4, 0.5) is 10.1 Å². The Morgan fingerprint density at radius 1 is 1.15 bits per heavy atom. The zero-order valence-corrected chi connectivity index (χ0v) is 14.7. The number of imidazole rings is 1. The third-order valence-electron chi connectivity index (χ3n) is 4.79. The number of carboxylic acid groups (broad SMARTS) is 1. The van der Waals surface area contributed by atoms with Crippen LogP contribution in [0.5, 0.6) is 0 Å². The van der Waals surface area contributed by atoms with Crippen molar-refractivity contribution in [2.24, 2.45) is 0 Å². The number of nitrogens with zero attached hydrogens (tertiary/aromatic N) is 4. The standard InChI is InChI=1S/C20H19FN4O2/c21-16-3-4-19-14(10-16)2-1-7-25(19)9-8-24-12-18(23-13-24)17-11-15(20(26)27)5-6-22-17/h3-6,10-13H,1-2,7-9H2,(H,26,27). The quantitative estimate of drug-likeness (QED) is 0.751. The lowest BCUT2D eigenvalue weighted by Gasteiger charge is -2.31. The lowest BCUT2D eigenvalue weighted by Crippen LogP contribution is -2.32. The number of hydrogen-bond donors (Lipinski definition) is 1. The molecule has 0 radical (unpaired) electrons. The molecule has 1 N–H and O–H groups in total. The van der Waals surface area contributed by atoms with E-state index in [1.807, 2.05) is 16.8 Å². The smallest absolute Gasteiger partial charge is 0.335 e. The van der Waals surface area contributed by atoms with Crippen molar-refractivity contribution < 1.29 is 14.3 Å². The van der Waals surface area contributed by atoms with Gasteiger partial charge in [0.2, 0.25) is 0 Å². The Labute approximate surface area is 155 Å². The number of hydrogen-bond acceptors (Lipinski definition) is 4. The van der Waals surface area contributed by atoms with Crippen LogP contribution in [0.25, 0.3) is 11.4 Å². The minimum Gasteiger partial charge on any atom is -0.478 e. The van der Waals surface area contributed by atoms with Crippen molar-refractivity contribution in [2.45, 2.75) is 19.4 Å². The summed E-state index contributed by atoms with van der Waals surface area (Å²) in [4.78, 5) is 21.9. The van der Waals surface area contributed by atoms with Crippen molar-refractivity contribution in [3.8, 4) is 11.4 Å². The summed E-state index contributed by atoms with van der Waals surface area (Å²) in [6.07, 6.45) is 6.98. The number of aromatic nitrogens is 3. The van der Waals surface area contributed by atoms with E-state index in [4.69, 9.17) is 5.11 Å². The first-order chi connectivity index (χ1) is 13.1. The molecule has 0 saturated heterocycles. The fourth-order valence-corrected chi connectivity index (χ4v) is 3.43. The third-order valence-corrected chi connectivity index (χ3v) is 4.79. The first kappa shape index (κ1) is 17.2. The van der Waals surface area contributed by atoms with Gasteiger partial charge in [0.1, 0.15) is 11.5 Å². The molecular weight excluding hydrogens is 347 g/mol. The first-order valence-electron chi connectivity index (χ1n) is 8.85. The zero-order valence-electron chi connectivity index (χ0n) is 14.7. The van der Waals surface area contributed by atoms with Gasteiger partial charge in [0.25, 0.3) is 0 Å². The van der Waals surface area contributed by atoms with Crippen LogP contribution in [-0.2, 0) is 13.0 Å². The van der Waals surface area contributed by atoms with E-state index in [1.165, 1.54) is 24.4 Å². The molecule has 1 aliphatic rings. The lowest BCUT2D eigenvalue weighted by molar-refractivity contribution is 0.0697. The largest absolute Gasteiger partial charge is 0.478 e. The highest BCUT2D eigenvalue weighted by Crippen LogP contribution is 2.27. The molecule has 0 fully saturated rings. The predicted molar refractivity (Wildman–Crippen MR) is 99.4 cm³/mol. The van der Waals surface area contributed by atoms with Crippen molar-refractivity contribution in [3.05, 3.63) is 66.0 Å². The molecule has 1 aliphatic heterocycles. The second-order valence-corrected chi connectivity index (χ2v) is 6.60. The van der Waals surface area contributed by atoms with Gasteiger partial charge in [0, 0.05) is 37.7 Å². The van der Waals surface area contributed by atoms with Crippen LogP contribution in [0.2, 0.25) is 0 Å². The van der Waals surface area contributed by atoms with Crippen molar-refractivity contribution >= 4 is 11.7 Å². The molecule has 7 heteroatoms. The highest BCUT2D eigenvalue weighted by atomic mass is 19.1. The third kappa shape index (κ3) is 3.67. The van der Waals surface area contributed by atoms with Gasteiger partial charge in [0.05, 0.1) is 17.6 Å². The number of fused-ring (bicyclic) bond motifs is 1. The summed E-state index contributed by atoms with van der Waals surface area (Å²) in [5.41, 5.74) is 3.51. The number of pyridine rings is 1. The molecule has 27 heavy (non-hydrogen) atoms. The van der Waals surface area contributed by atoms with Crippen LogP contribution in [-0.4, -0.2) is 38.7 Å². The number of aromatic carboxylic acids is 1. The second kappa shape index (κ2) is 7.19. The van der Waals surface area contributed by atoms with Crippen molar-refractivity contribution in [2.75, 3.05) is 18.0 Å². The predicted octanol–water partition coefficient (Wildman–Crippen LogP) is 3.24. The SMILES string of the molecule is O=C(O)c1ccnc(-c2cn(CCN3CCCc4cc(F)ccc43)cn2)c1. The summed E-state index contributed by atoms with van der Waals surface area (Å²) in [7, 11) is 0. The Morgan fingerprint density at radius 3 is 2.89 bits per heavy atom. The maximum Gasteiger partial charge on any atom is 0.335 e. The normalized spacial score (nSPS) is 13.4. The van der Waals surface area contributed by atoms with Crippen LogP contribution >= 0.6 is 0 Å². The van der Waals surface area contributed by atoms with Gasteiger partial charge in [-0.05, 0) is 48.7 Å². The molecule has 0 atom stereocenters. The number of rotatable bonds is 5. The summed E-state index contributed by atoms with van der Waals surface area (Å²) >= 11 is 0. The van der Waals surface area contributed by atoms with E-state index in [2.05, 4.69) is 14.9 Å². The van der Waals surface area contributed by atoms with Crippen molar-refractivity contribution in [1.82, 2.24) is 14.5 Å². The molecule has 0 spiro atoms. The molecular formula is C20H19FN4O2. The van der Waals surface area contributed by atoms with Crippen LogP contribution < -0.4 is 4.90 Å². The molecule has 138 valence electrons. The molecule has 0 bridgehead atoms. The summed E-state index contributed by atoms with van der Waals surface area (Å²) in [6, 6.07) is 7.96. The summed E-state index contributed by atoms with van der Waals surface area (Å²) in [5, 5.41) is 9.10. The van der Waals surface area contributed by atoms with Gasteiger partial charge in [0.15, 0.2) is 0 Å². The Morgan fingerprint density at radius 2 is 2.04 bits per heavy atom. The minimum atomic E-state index is -0.988. The number of halogens is 1. The van der Waals surface area contributed by atoms with Gasteiger partial charge in [-0.1, -0.05) is 0 Å². The molecule has 0 amide bonds. The number of carboxylic acids is 1. The Balaban J connectivity index is 1.47. The van der Waals surface area contributed by atoms with E-state index < -0.39 is 5.97 Å². The van der Waals surface area contributed by atoms with Crippen LogP contribution in [0.3, 0.4) is 0 Å². The Hall–Kier alpha value is -3.22. The average Bonchev–Trinajstić information content (AvgIpc) is 3.15. The van der Waals surface area contributed by atoms with Crippen LogP contribution in [0, 0.1) is 5.82 Å². The second-order valence-electron chi connectivity index (χ2n) is 6.60.